The van der Waals surface area contributed by atoms with Gasteiger partial charge in [0.25, 0.3) is 0 Å². The summed E-state index contributed by atoms with van der Waals surface area (Å²) in [5.41, 5.74) is 11.3. The molecule has 13 nitrogen and oxygen atoms in total. The molecule has 0 saturated heterocycles. The molecule has 4 atom stereocenters. The minimum atomic E-state index is -1.57. The Labute approximate surface area is 192 Å². The Morgan fingerprint density at radius 3 is 1.79 bits per heavy atom. The first-order valence-electron chi connectivity index (χ1n) is 10.8. The molecule has 0 heterocycles. The van der Waals surface area contributed by atoms with Gasteiger partial charge in [0.2, 0.25) is 17.7 Å². The van der Waals surface area contributed by atoms with Gasteiger partial charge in [0.15, 0.2) is 0 Å². The van der Waals surface area contributed by atoms with Crippen molar-refractivity contribution in [1.29, 1.82) is 0 Å². The Morgan fingerprint density at radius 2 is 1.33 bits per heavy atom. The summed E-state index contributed by atoms with van der Waals surface area (Å²) in [5.74, 6) is -4.82. The molecule has 0 bridgehead atoms. The third-order valence-electron chi connectivity index (χ3n) is 4.72. The summed E-state index contributed by atoms with van der Waals surface area (Å²) < 4.78 is 0. The Morgan fingerprint density at radius 1 is 0.818 bits per heavy atom. The topological polar surface area (TPSA) is 234 Å². The molecule has 13 heteroatoms. The van der Waals surface area contributed by atoms with Gasteiger partial charge in [0, 0.05) is 6.42 Å². The molecule has 0 aromatic heterocycles. The van der Waals surface area contributed by atoms with E-state index in [4.69, 9.17) is 26.8 Å². The standard InChI is InChI=1S/C20H37N5O8/c1-11(2)9-12(22)17(29)23-14(6-7-16(27)28)19(31)24-13(5-3-4-8-21)18(30)25-15(10-26)20(32)33/h11-15,26H,3-10,21-22H2,1-2H3,(H,23,29)(H,24,31)(H,25,30)(H,27,28)(H,32,33). The summed E-state index contributed by atoms with van der Waals surface area (Å²) in [7, 11) is 0. The van der Waals surface area contributed by atoms with Gasteiger partial charge in [0.05, 0.1) is 12.6 Å². The van der Waals surface area contributed by atoms with Crippen molar-refractivity contribution in [3.8, 4) is 0 Å². The minimum absolute atomic E-state index is 0.110. The molecule has 0 aliphatic heterocycles. The zero-order valence-corrected chi connectivity index (χ0v) is 19.1. The van der Waals surface area contributed by atoms with Crippen LogP contribution in [-0.2, 0) is 24.0 Å². The van der Waals surface area contributed by atoms with Crippen molar-refractivity contribution in [2.45, 2.75) is 76.5 Å². The fourth-order valence-corrected chi connectivity index (χ4v) is 2.92. The minimum Gasteiger partial charge on any atom is -0.481 e. The van der Waals surface area contributed by atoms with E-state index in [9.17, 15) is 24.0 Å². The van der Waals surface area contributed by atoms with Crippen LogP contribution in [0.5, 0.6) is 0 Å². The normalized spacial score (nSPS) is 14.6. The molecule has 3 amide bonds. The van der Waals surface area contributed by atoms with E-state index in [1.54, 1.807) is 0 Å². The zero-order chi connectivity index (χ0) is 25.6. The molecule has 0 rings (SSSR count). The maximum absolute atomic E-state index is 12.8. The molecule has 0 spiro atoms. The van der Waals surface area contributed by atoms with Crippen LogP contribution in [0.25, 0.3) is 0 Å². The number of amides is 3. The van der Waals surface area contributed by atoms with Crippen LogP contribution in [-0.4, -0.2) is 82.3 Å². The van der Waals surface area contributed by atoms with Crippen molar-refractivity contribution in [2.24, 2.45) is 17.4 Å². The Kier molecular flexibility index (Phi) is 14.6. The molecule has 0 aromatic carbocycles. The maximum Gasteiger partial charge on any atom is 0.328 e. The van der Waals surface area contributed by atoms with E-state index in [0.717, 1.165) is 0 Å². The highest BCUT2D eigenvalue weighted by molar-refractivity contribution is 5.94. The number of aliphatic hydroxyl groups is 1. The average molecular weight is 476 g/mol. The lowest BCUT2D eigenvalue weighted by Gasteiger charge is -2.25. The number of hydrogen-bond acceptors (Lipinski definition) is 8. The smallest absolute Gasteiger partial charge is 0.328 e. The van der Waals surface area contributed by atoms with Gasteiger partial charge < -0.3 is 42.7 Å². The summed E-state index contributed by atoms with van der Waals surface area (Å²) in [6, 6.07) is -4.94. The van der Waals surface area contributed by atoms with Gasteiger partial charge in [-0.15, -0.1) is 0 Å². The number of nitrogens with two attached hydrogens (primary N) is 2. The molecule has 0 aliphatic carbocycles. The van der Waals surface area contributed by atoms with E-state index in [1.807, 2.05) is 13.8 Å². The molecule has 0 saturated carbocycles. The van der Waals surface area contributed by atoms with Gasteiger partial charge in [-0.1, -0.05) is 13.8 Å². The summed E-state index contributed by atoms with van der Waals surface area (Å²) in [6.45, 7) is 3.21. The monoisotopic (exact) mass is 475 g/mol. The van der Waals surface area contributed by atoms with E-state index in [0.29, 0.717) is 25.8 Å². The van der Waals surface area contributed by atoms with Crippen LogP contribution in [0.3, 0.4) is 0 Å². The van der Waals surface area contributed by atoms with Crippen molar-refractivity contribution < 1.29 is 39.3 Å². The number of carboxylic acids is 2. The second-order valence-corrected chi connectivity index (χ2v) is 8.16. The number of rotatable bonds is 17. The summed E-state index contributed by atoms with van der Waals surface area (Å²) >= 11 is 0. The number of aliphatic hydroxyl groups excluding tert-OH is 1. The van der Waals surface area contributed by atoms with Gasteiger partial charge in [-0.05, 0) is 44.6 Å². The molecule has 10 N–H and O–H groups in total. The van der Waals surface area contributed by atoms with Crippen molar-refractivity contribution in [3.05, 3.63) is 0 Å². The molecule has 4 unspecified atom stereocenters. The fraction of sp³-hybridized carbons (Fsp3) is 0.750. The third-order valence-corrected chi connectivity index (χ3v) is 4.72. The molecule has 0 aromatic rings. The van der Waals surface area contributed by atoms with Crippen molar-refractivity contribution in [2.75, 3.05) is 13.2 Å². The van der Waals surface area contributed by atoms with Crippen LogP contribution >= 0.6 is 0 Å². The number of carbonyl (C=O) groups excluding carboxylic acids is 3. The quantitative estimate of drug-likeness (QED) is 0.106. The Bertz CT molecular complexity index is 673. The van der Waals surface area contributed by atoms with Crippen LogP contribution in [0, 0.1) is 5.92 Å². The highest BCUT2D eigenvalue weighted by Gasteiger charge is 2.30. The van der Waals surface area contributed by atoms with Gasteiger partial charge in [-0.2, -0.15) is 0 Å². The lowest BCUT2D eigenvalue weighted by atomic mass is 10.0. The SMILES string of the molecule is CC(C)CC(N)C(=O)NC(CCC(=O)O)C(=O)NC(CCCCN)C(=O)NC(CO)C(=O)O. The number of nitrogens with one attached hydrogen (secondary N) is 3. The van der Waals surface area contributed by atoms with E-state index < -0.39 is 66.9 Å². The highest BCUT2D eigenvalue weighted by atomic mass is 16.4. The van der Waals surface area contributed by atoms with Crippen LogP contribution < -0.4 is 27.4 Å². The molecular weight excluding hydrogens is 438 g/mol. The second-order valence-electron chi connectivity index (χ2n) is 8.16. The highest BCUT2D eigenvalue weighted by Crippen LogP contribution is 2.07. The molecule has 0 fully saturated rings. The lowest BCUT2D eigenvalue weighted by Crippen LogP contribution is -2.57. The predicted octanol–water partition coefficient (Wildman–Crippen LogP) is -2.12. The van der Waals surface area contributed by atoms with Crippen LogP contribution in [0.1, 0.15) is 52.4 Å². The Hall–Kier alpha value is -2.77. The Balaban J connectivity index is 5.47. The largest absolute Gasteiger partial charge is 0.481 e. The van der Waals surface area contributed by atoms with Gasteiger partial charge in [0.1, 0.15) is 18.1 Å². The maximum atomic E-state index is 12.8. The third kappa shape index (κ3) is 12.7. The fourth-order valence-electron chi connectivity index (χ4n) is 2.92. The van der Waals surface area contributed by atoms with Gasteiger partial charge in [-0.25, -0.2) is 4.79 Å². The number of carbonyl (C=O) groups is 5. The zero-order valence-electron chi connectivity index (χ0n) is 19.1. The van der Waals surface area contributed by atoms with Crippen LogP contribution in [0.2, 0.25) is 0 Å². The summed E-state index contributed by atoms with van der Waals surface area (Å²) in [4.78, 5) is 59.9. The van der Waals surface area contributed by atoms with Crippen molar-refractivity contribution in [3.63, 3.8) is 0 Å². The van der Waals surface area contributed by atoms with Gasteiger partial charge in [-0.3, -0.25) is 19.2 Å². The van der Waals surface area contributed by atoms with E-state index in [-0.39, 0.29) is 18.8 Å². The number of carboxylic acid groups (broad SMARTS) is 2. The molecule has 0 radical (unpaired) electrons. The van der Waals surface area contributed by atoms with E-state index >= 15 is 0 Å². The molecular formula is C20H37N5O8. The van der Waals surface area contributed by atoms with E-state index in [2.05, 4.69) is 16.0 Å². The summed E-state index contributed by atoms with van der Waals surface area (Å²) in [6.07, 6.45) is 0.753. The second kappa shape index (κ2) is 15.9. The number of aliphatic carboxylic acids is 2. The van der Waals surface area contributed by atoms with Crippen molar-refractivity contribution in [1.82, 2.24) is 16.0 Å². The molecule has 190 valence electrons. The van der Waals surface area contributed by atoms with Gasteiger partial charge >= 0.3 is 11.9 Å². The lowest BCUT2D eigenvalue weighted by molar-refractivity contribution is -0.143. The van der Waals surface area contributed by atoms with Crippen LogP contribution in [0.15, 0.2) is 0 Å². The first-order chi connectivity index (χ1) is 15.4. The summed E-state index contributed by atoms with van der Waals surface area (Å²) in [5, 5.41) is 34.1. The number of hydrogen-bond donors (Lipinski definition) is 8. The molecule has 33 heavy (non-hydrogen) atoms. The first-order valence-corrected chi connectivity index (χ1v) is 10.8. The average Bonchev–Trinajstić information content (AvgIpc) is 2.72. The first kappa shape index (κ1) is 30.2. The predicted molar refractivity (Wildman–Crippen MR) is 118 cm³/mol. The molecule has 0 aliphatic rings. The van der Waals surface area contributed by atoms with E-state index in [1.165, 1.54) is 0 Å². The van der Waals surface area contributed by atoms with Crippen molar-refractivity contribution >= 4 is 29.7 Å². The number of unbranched alkanes of at least 4 members (excludes halogenated alkanes) is 1. The van der Waals surface area contributed by atoms with Crippen LogP contribution in [0.4, 0.5) is 0 Å².